The summed E-state index contributed by atoms with van der Waals surface area (Å²) in [6.07, 6.45) is 7.04. The average molecular weight is 530 g/mol. The van der Waals surface area contributed by atoms with E-state index in [1.165, 1.54) is 0 Å². The monoisotopic (exact) mass is 529 g/mol. The van der Waals surface area contributed by atoms with Gasteiger partial charge in [0, 0.05) is 25.9 Å². The van der Waals surface area contributed by atoms with Crippen molar-refractivity contribution in [2.75, 3.05) is 65.9 Å². The summed E-state index contributed by atoms with van der Waals surface area (Å²) in [5.41, 5.74) is 0.488. The molecule has 0 saturated carbocycles. The van der Waals surface area contributed by atoms with Crippen molar-refractivity contribution in [2.24, 2.45) is 0 Å². The van der Waals surface area contributed by atoms with Crippen LogP contribution < -0.4 is 10.6 Å². The summed E-state index contributed by atoms with van der Waals surface area (Å²) in [7, 11) is 0. The first-order valence-corrected chi connectivity index (χ1v) is 13.0. The smallest absolute Gasteiger partial charge is 0.335 e. The van der Waals surface area contributed by atoms with Gasteiger partial charge < -0.3 is 34.4 Å². The summed E-state index contributed by atoms with van der Waals surface area (Å²) in [6.45, 7) is 7.88. The molecule has 1 rings (SSSR count). The van der Waals surface area contributed by atoms with Gasteiger partial charge in [0.1, 0.15) is 0 Å². The van der Waals surface area contributed by atoms with Gasteiger partial charge in [-0.15, -0.1) is 5.06 Å². The molecule has 0 radical (unpaired) electrons. The standard InChI is InChI=1S/C25H43N3O9/c1-22-8-9-24(31)28(22)37-25(32)10-13-33-15-17-35-19-20-36-18-16-34-14-12-27-23(30)7-5-3-2-4-6-11-26-21-29/h21H,1-20H2,(H,26,29)(H,27,30). The molecule has 3 amide bonds. The Balaban J connectivity index is 1.75. The van der Waals surface area contributed by atoms with E-state index in [4.69, 9.17) is 23.8 Å². The summed E-state index contributed by atoms with van der Waals surface area (Å²) in [5.74, 6) is -0.769. The summed E-state index contributed by atoms with van der Waals surface area (Å²) in [6, 6.07) is 0. The molecule has 0 bridgehead atoms. The fraction of sp³-hybridized carbons (Fsp3) is 0.760. The highest BCUT2D eigenvalue weighted by Crippen LogP contribution is 2.20. The number of unbranched alkanes of at least 4 members (excludes halogenated alkanes) is 4. The van der Waals surface area contributed by atoms with Crippen molar-refractivity contribution >= 4 is 24.2 Å². The second-order valence-electron chi connectivity index (χ2n) is 8.36. The minimum Gasteiger partial charge on any atom is -0.378 e. The summed E-state index contributed by atoms with van der Waals surface area (Å²) in [5, 5.41) is 6.43. The molecule has 37 heavy (non-hydrogen) atoms. The molecule has 0 aromatic carbocycles. The number of amides is 3. The lowest BCUT2D eigenvalue weighted by Gasteiger charge is -2.15. The molecule has 0 unspecified atom stereocenters. The van der Waals surface area contributed by atoms with Gasteiger partial charge in [-0.2, -0.15) is 0 Å². The van der Waals surface area contributed by atoms with E-state index in [2.05, 4.69) is 17.2 Å². The third-order valence-corrected chi connectivity index (χ3v) is 5.28. The van der Waals surface area contributed by atoms with E-state index in [1.54, 1.807) is 0 Å². The lowest BCUT2D eigenvalue weighted by Crippen LogP contribution is -2.27. The number of allylic oxidation sites excluding steroid dienone is 1. The molecule has 1 fully saturated rings. The van der Waals surface area contributed by atoms with E-state index >= 15 is 0 Å². The van der Waals surface area contributed by atoms with Crippen LogP contribution in [-0.4, -0.2) is 95.2 Å². The lowest BCUT2D eigenvalue weighted by molar-refractivity contribution is -0.187. The highest BCUT2D eigenvalue weighted by molar-refractivity contribution is 5.82. The zero-order chi connectivity index (χ0) is 27.0. The molecule has 1 saturated heterocycles. The Morgan fingerprint density at radius 3 is 2.00 bits per heavy atom. The van der Waals surface area contributed by atoms with Crippen molar-refractivity contribution in [1.29, 1.82) is 0 Å². The number of carbonyl (C=O) groups excluding carboxylic acids is 4. The molecule has 1 aliphatic rings. The van der Waals surface area contributed by atoms with Crippen LogP contribution >= 0.6 is 0 Å². The molecule has 0 aromatic heterocycles. The molecule has 12 nitrogen and oxygen atoms in total. The van der Waals surface area contributed by atoms with Crippen molar-refractivity contribution in [3.63, 3.8) is 0 Å². The number of nitrogens with zero attached hydrogens (tertiary/aromatic N) is 1. The van der Waals surface area contributed by atoms with Gasteiger partial charge in [-0.05, 0) is 19.3 Å². The van der Waals surface area contributed by atoms with Gasteiger partial charge in [-0.1, -0.05) is 25.8 Å². The maximum Gasteiger partial charge on any atom is 0.335 e. The topological polar surface area (TPSA) is 142 Å². The van der Waals surface area contributed by atoms with Gasteiger partial charge in [-0.25, -0.2) is 4.79 Å². The van der Waals surface area contributed by atoms with Gasteiger partial charge in [-0.3, -0.25) is 14.4 Å². The van der Waals surface area contributed by atoms with Gasteiger partial charge >= 0.3 is 5.97 Å². The first-order valence-electron chi connectivity index (χ1n) is 13.0. The molecule has 0 aliphatic carbocycles. The van der Waals surface area contributed by atoms with E-state index in [1.807, 2.05) is 0 Å². The Morgan fingerprint density at radius 2 is 1.38 bits per heavy atom. The Labute approximate surface area is 219 Å². The van der Waals surface area contributed by atoms with E-state index in [0.717, 1.165) is 37.2 Å². The van der Waals surface area contributed by atoms with Gasteiger partial charge in [0.25, 0.3) is 5.91 Å². The van der Waals surface area contributed by atoms with Crippen LogP contribution in [0.5, 0.6) is 0 Å². The molecule has 0 aromatic rings. The van der Waals surface area contributed by atoms with Crippen LogP contribution in [0.1, 0.15) is 57.8 Å². The molecule has 1 heterocycles. The average Bonchev–Trinajstić information content (AvgIpc) is 3.20. The summed E-state index contributed by atoms with van der Waals surface area (Å²) >= 11 is 0. The minimum absolute atomic E-state index is 0.0348. The van der Waals surface area contributed by atoms with Gasteiger partial charge in [0.05, 0.1) is 65.0 Å². The quantitative estimate of drug-likeness (QED) is 0.132. The van der Waals surface area contributed by atoms with Crippen LogP contribution in [0, 0.1) is 0 Å². The van der Waals surface area contributed by atoms with Crippen LogP contribution in [0.3, 0.4) is 0 Å². The number of nitrogens with one attached hydrogen (secondary N) is 2. The predicted molar refractivity (Wildman–Crippen MR) is 134 cm³/mol. The third-order valence-electron chi connectivity index (χ3n) is 5.28. The highest BCUT2D eigenvalue weighted by Gasteiger charge is 2.27. The van der Waals surface area contributed by atoms with Crippen LogP contribution in [0.25, 0.3) is 0 Å². The first kappa shape index (κ1) is 32.5. The summed E-state index contributed by atoms with van der Waals surface area (Å²) < 4.78 is 21.5. The zero-order valence-electron chi connectivity index (χ0n) is 21.8. The Morgan fingerprint density at radius 1 is 0.784 bits per heavy atom. The molecule has 2 N–H and O–H groups in total. The molecule has 212 valence electrons. The fourth-order valence-electron chi connectivity index (χ4n) is 3.26. The van der Waals surface area contributed by atoms with Crippen LogP contribution in [0.2, 0.25) is 0 Å². The van der Waals surface area contributed by atoms with Crippen molar-refractivity contribution in [2.45, 2.75) is 57.8 Å². The van der Waals surface area contributed by atoms with Gasteiger partial charge in [0.15, 0.2) is 0 Å². The number of rotatable bonds is 25. The Bertz CT molecular complexity index is 660. The van der Waals surface area contributed by atoms with Crippen LogP contribution in [-0.2, 0) is 43.0 Å². The largest absolute Gasteiger partial charge is 0.378 e. The first-order chi connectivity index (χ1) is 18.0. The third kappa shape index (κ3) is 18.4. The zero-order valence-corrected chi connectivity index (χ0v) is 21.8. The predicted octanol–water partition coefficient (Wildman–Crippen LogP) is 1.24. The number of hydrogen-bond donors (Lipinski definition) is 2. The van der Waals surface area contributed by atoms with E-state index in [-0.39, 0.29) is 24.8 Å². The lowest BCUT2D eigenvalue weighted by atomic mass is 10.1. The molecule has 1 aliphatic heterocycles. The molecule has 0 spiro atoms. The highest BCUT2D eigenvalue weighted by atomic mass is 16.7. The number of ether oxygens (including phenoxy) is 4. The van der Waals surface area contributed by atoms with Crippen molar-refractivity contribution < 1.29 is 43.0 Å². The molecule has 12 heteroatoms. The Kier molecular flexibility index (Phi) is 19.9. The number of hydroxylamine groups is 2. The van der Waals surface area contributed by atoms with E-state index in [9.17, 15) is 19.2 Å². The van der Waals surface area contributed by atoms with Crippen molar-refractivity contribution in [1.82, 2.24) is 15.7 Å². The number of hydrogen-bond acceptors (Lipinski definition) is 9. The summed E-state index contributed by atoms with van der Waals surface area (Å²) in [4.78, 5) is 50.1. The molecular formula is C25H43N3O9. The minimum atomic E-state index is -0.542. The molecular weight excluding hydrogens is 486 g/mol. The van der Waals surface area contributed by atoms with Crippen molar-refractivity contribution in [3.8, 4) is 0 Å². The maximum absolute atomic E-state index is 11.8. The molecule has 0 atom stereocenters. The normalized spacial score (nSPS) is 13.1. The van der Waals surface area contributed by atoms with Crippen LogP contribution in [0.4, 0.5) is 0 Å². The maximum atomic E-state index is 11.8. The second-order valence-corrected chi connectivity index (χ2v) is 8.36. The Hall–Kier alpha value is -2.54. The van der Waals surface area contributed by atoms with E-state index < -0.39 is 5.97 Å². The van der Waals surface area contributed by atoms with Crippen molar-refractivity contribution in [3.05, 3.63) is 12.3 Å². The van der Waals surface area contributed by atoms with E-state index in [0.29, 0.717) is 90.7 Å². The fourth-order valence-corrected chi connectivity index (χ4v) is 3.26. The van der Waals surface area contributed by atoms with Gasteiger partial charge in [0.2, 0.25) is 12.3 Å². The number of carbonyl (C=O) groups is 4. The SMILES string of the molecule is C=C1CCC(=O)N1OC(=O)CCOCCOCCOCCOCCNC(=O)CCCCCCCNC=O. The second kappa shape index (κ2) is 22.6. The van der Waals surface area contributed by atoms with Crippen LogP contribution in [0.15, 0.2) is 12.3 Å².